The van der Waals surface area contributed by atoms with Gasteiger partial charge in [-0.25, -0.2) is 0 Å². The zero-order valence-electron chi connectivity index (χ0n) is 54.3. The highest BCUT2D eigenvalue weighted by Crippen LogP contribution is 2.38. The number of quaternary nitrogens is 1. The highest BCUT2D eigenvalue weighted by Gasteiger charge is 2.23. The van der Waals surface area contributed by atoms with Gasteiger partial charge in [0, 0.05) is 6.42 Å². The van der Waals surface area contributed by atoms with E-state index < -0.39 is 20.0 Å². The Labute approximate surface area is 499 Å². The van der Waals surface area contributed by atoms with Crippen LogP contribution in [0.2, 0.25) is 0 Å². The fourth-order valence-corrected chi connectivity index (χ4v) is 11.5. The Hall–Kier alpha value is -1.28. The number of hydrogen-bond donors (Lipinski definition) is 2. The fourth-order valence-electron chi connectivity index (χ4n) is 10.8. The number of aliphatic hydroxyl groups excluding tert-OH is 1. The summed E-state index contributed by atoms with van der Waals surface area (Å²) in [5, 5.41) is 13.9. The van der Waals surface area contributed by atoms with E-state index in [1.54, 1.807) is 6.08 Å². The number of phosphoric ester groups is 1. The lowest BCUT2D eigenvalue weighted by molar-refractivity contribution is -0.870. The Kier molecular flexibility index (Phi) is 61.3. The number of phosphoric acid groups is 1. The normalized spacial score (nSPS) is 13.8. The van der Waals surface area contributed by atoms with Crippen LogP contribution in [0.25, 0.3) is 0 Å². The van der Waals surface area contributed by atoms with Gasteiger partial charge in [0.1, 0.15) is 13.2 Å². The van der Waals surface area contributed by atoms with Crippen LogP contribution in [-0.4, -0.2) is 68.5 Å². The monoisotopic (exact) mass is 1150 g/mol. The Bertz CT molecular complexity index is 1400. The third-order valence-electron chi connectivity index (χ3n) is 16.3. The number of carbonyl (C=O) groups excluding carboxylic acids is 1. The Morgan fingerprint density at radius 1 is 0.425 bits per heavy atom. The third kappa shape index (κ3) is 64.3. The predicted octanol–water partition coefficient (Wildman–Crippen LogP) is 21.8. The highest BCUT2D eigenvalue weighted by molar-refractivity contribution is 7.45. The maximum atomic E-state index is 13.0. The smallest absolute Gasteiger partial charge is 0.268 e. The molecule has 1 amide bonds. The minimum absolute atomic E-state index is 0.00435. The van der Waals surface area contributed by atoms with Crippen molar-refractivity contribution in [3.05, 3.63) is 36.5 Å². The number of aliphatic hydroxyl groups is 1. The molecule has 0 heterocycles. The summed E-state index contributed by atoms with van der Waals surface area (Å²) in [6.07, 6.45) is 82.8. The number of hydrogen-bond acceptors (Lipinski definition) is 6. The van der Waals surface area contributed by atoms with Crippen molar-refractivity contribution in [3.63, 3.8) is 0 Å². The molecule has 2 N–H and O–H groups in total. The minimum Gasteiger partial charge on any atom is -0.756 e. The number of nitrogens with zero attached hydrogens (tertiary/aromatic N) is 1. The summed E-state index contributed by atoms with van der Waals surface area (Å²) >= 11 is 0. The molecule has 0 radical (unpaired) electrons. The van der Waals surface area contributed by atoms with Crippen LogP contribution in [0.3, 0.4) is 0 Å². The van der Waals surface area contributed by atoms with Crippen LogP contribution in [0, 0.1) is 0 Å². The average Bonchev–Trinajstić information content (AvgIpc) is 3.42. The first-order valence-corrected chi connectivity index (χ1v) is 36.8. The lowest BCUT2D eigenvalue weighted by atomic mass is 10.0. The molecule has 3 atom stereocenters. The SMILES string of the molecule is CCCCCCCCCC/C=C\CCCCCCCCCCCCCCCCCCCCCCCC(=O)NC(COP(=O)([O-])OCC[N+](C)(C)C)C(O)/C=C/CC/C=C/CCCCCCCCCCCCCCCCCCCCC. The molecule has 0 rings (SSSR count). The van der Waals surface area contributed by atoms with E-state index in [1.807, 2.05) is 27.2 Å². The van der Waals surface area contributed by atoms with Crippen LogP contribution >= 0.6 is 7.82 Å². The number of allylic oxidation sites excluding steroid dienone is 5. The molecule has 8 nitrogen and oxygen atoms in total. The molecule has 0 bridgehead atoms. The van der Waals surface area contributed by atoms with E-state index in [0.29, 0.717) is 17.4 Å². The summed E-state index contributed by atoms with van der Waals surface area (Å²) in [6, 6.07) is -0.903. The van der Waals surface area contributed by atoms with Crippen molar-refractivity contribution >= 4 is 13.7 Å². The molecule has 3 unspecified atom stereocenters. The molecule has 0 spiro atoms. The average molecular weight is 1150 g/mol. The van der Waals surface area contributed by atoms with Gasteiger partial charge in [0.2, 0.25) is 5.91 Å². The van der Waals surface area contributed by atoms with E-state index in [0.717, 1.165) is 38.5 Å². The van der Waals surface area contributed by atoms with E-state index in [9.17, 15) is 19.4 Å². The standard InChI is InChI=1S/C71H139N2O6P/c1-6-8-10-12-14-16-18-20-22-24-26-28-30-32-33-34-35-36-37-38-39-41-43-45-47-49-51-53-55-57-59-61-63-65-71(75)72-69(68-79-80(76,77)78-67-66-73(3,4)5)70(74)64-62-60-58-56-54-52-50-48-46-44-42-40-31-29-27-25-23-21-19-17-15-13-11-9-7-2/h24,26,54,56,62,64,69-70,74H,6-23,25,27-53,55,57-61,63,65-68H2,1-5H3,(H-,72,75,76,77)/b26-24-,56-54+,64-62+. The highest BCUT2D eigenvalue weighted by atomic mass is 31.2. The number of unbranched alkanes of at least 4 members (excludes halogenated alkanes) is 49. The summed E-state index contributed by atoms with van der Waals surface area (Å²) in [7, 11) is 1.26. The zero-order chi connectivity index (χ0) is 58.4. The number of nitrogens with one attached hydrogen (secondary N) is 1. The maximum Gasteiger partial charge on any atom is 0.268 e. The van der Waals surface area contributed by atoms with Gasteiger partial charge in [-0.15, -0.1) is 0 Å². The number of rotatable bonds is 66. The molecule has 9 heteroatoms. The summed E-state index contributed by atoms with van der Waals surface area (Å²) in [5.74, 6) is -0.199. The summed E-state index contributed by atoms with van der Waals surface area (Å²) in [4.78, 5) is 25.6. The van der Waals surface area contributed by atoms with Crippen LogP contribution in [-0.2, 0) is 18.4 Å². The van der Waals surface area contributed by atoms with Gasteiger partial charge in [-0.3, -0.25) is 9.36 Å². The lowest BCUT2D eigenvalue weighted by Gasteiger charge is -2.29. The first-order valence-electron chi connectivity index (χ1n) is 35.4. The van der Waals surface area contributed by atoms with E-state index >= 15 is 0 Å². The maximum absolute atomic E-state index is 13.0. The van der Waals surface area contributed by atoms with Crippen LogP contribution in [0.1, 0.15) is 361 Å². The molecule has 474 valence electrons. The topological polar surface area (TPSA) is 108 Å². The van der Waals surface area contributed by atoms with Gasteiger partial charge >= 0.3 is 0 Å². The van der Waals surface area contributed by atoms with Crippen LogP contribution in [0.5, 0.6) is 0 Å². The van der Waals surface area contributed by atoms with Gasteiger partial charge in [0.25, 0.3) is 7.82 Å². The number of likely N-dealkylation sites (N-methyl/N-ethyl adjacent to an activating group) is 1. The van der Waals surface area contributed by atoms with Crippen molar-refractivity contribution in [2.75, 3.05) is 40.9 Å². The Balaban J connectivity index is 4.05. The lowest BCUT2D eigenvalue weighted by Crippen LogP contribution is -2.45. The quantitative estimate of drug-likeness (QED) is 0.0272. The first-order chi connectivity index (χ1) is 39.0. The van der Waals surface area contributed by atoms with Gasteiger partial charge in [-0.1, -0.05) is 333 Å². The van der Waals surface area contributed by atoms with Gasteiger partial charge in [0.15, 0.2) is 0 Å². The minimum atomic E-state index is -4.61. The molecule has 0 aliphatic heterocycles. The van der Waals surface area contributed by atoms with Gasteiger partial charge < -0.3 is 28.8 Å². The largest absolute Gasteiger partial charge is 0.756 e. The molecule has 0 aromatic rings. The molecular weight excluding hydrogens is 1010 g/mol. The molecule has 80 heavy (non-hydrogen) atoms. The van der Waals surface area contributed by atoms with Crippen LogP contribution in [0.4, 0.5) is 0 Å². The van der Waals surface area contributed by atoms with Gasteiger partial charge in [-0.2, -0.15) is 0 Å². The van der Waals surface area contributed by atoms with Gasteiger partial charge in [0.05, 0.1) is 39.9 Å². The first kappa shape index (κ1) is 78.7. The molecule has 0 aromatic carbocycles. The van der Waals surface area contributed by atoms with Gasteiger partial charge in [-0.05, 0) is 57.8 Å². The fraction of sp³-hybridized carbons (Fsp3) is 0.901. The summed E-state index contributed by atoms with van der Waals surface area (Å²) < 4.78 is 23.4. The second-order valence-corrected chi connectivity index (χ2v) is 27.0. The molecule has 0 aliphatic carbocycles. The van der Waals surface area contributed by atoms with Crippen LogP contribution in [0.15, 0.2) is 36.5 Å². The Morgan fingerprint density at radius 3 is 1.01 bits per heavy atom. The van der Waals surface area contributed by atoms with Crippen molar-refractivity contribution in [1.82, 2.24) is 5.32 Å². The Morgan fingerprint density at radius 2 is 0.700 bits per heavy atom. The summed E-state index contributed by atoms with van der Waals surface area (Å²) in [6.45, 7) is 4.69. The van der Waals surface area contributed by atoms with E-state index in [1.165, 1.54) is 302 Å². The molecule has 0 saturated carbocycles. The van der Waals surface area contributed by atoms with Crippen molar-refractivity contribution in [1.29, 1.82) is 0 Å². The number of carbonyl (C=O) groups is 1. The molecule has 0 aliphatic rings. The summed E-state index contributed by atoms with van der Waals surface area (Å²) in [5.41, 5.74) is 0. The molecule has 0 aromatic heterocycles. The molecule has 0 fully saturated rings. The van der Waals surface area contributed by atoms with Crippen molar-refractivity contribution in [2.24, 2.45) is 0 Å². The zero-order valence-corrected chi connectivity index (χ0v) is 55.2. The van der Waals surface area contributed by atoms with E-state index in [2.05, 4.69) is 43.5 Å². The third-order valence-corrected chi connectivity index (χ3v) is 17.3. The second kappa shape index (κ2) is 62.3. The van der Waals surface area contributed by atoms with Crippen LogP contribution < -0.4 is 10.2 Å². The van der Waals surface area contributed by atoms with E-state index in [4.69, 9.17) is 9.05 Å². The molecule has 0 saturated heterocycles. The molecular formula is C71H139N2O6P. The predicted molar refractivity (Wildman–Crippen MR) is 348 cm³/mol. The van der Waals surface area contributed by atoms with Crippen molar-refractivity contribution < 1.29 is 32.9 Å². The van der Waals surface area contributed by atoms with E-state index in [-0.39, 0.29) is 19.1 Å². The van der Waals surface area contributed by atoms with Crippen molar-refractivity contribution in [2.45, 2.75) is 373 Å². The van der Waals surface area contributed by atoms with Crippen molar-refractivity contribution in [3.8, 4) is 0 Å². The number of amides is 1. The second-order valence-electron chi connectivity index (χ2n) is 25.6.